The summed E-state index contributed by atoms with van der Waals surface area (Å²) in [4.78, 5) is 7.91. The topological polar surface area (TPSA) is 49.8 Å². The summed E-state index contributed by atoms with van der Waals surface area (Å²) in [7, 11) is 0. The molecule has 0 aliphatic heterocycles. The molecule has 0 saturated carbocycles. The van der Waals surface area contributed by atoms with E-state index in [-0.39, 0.29) is 11.8 Å². The highest BCUT2D eigenvalue weighted by atomic mass is 19.4. The number of anilines is 4. The van der Waals surface area contributed by atoms with Crippen LogP contribution < -0.4 is 10.6 Å². The molecule has 0 aliphatic carbocycles. The van der Waals surface area contributed by atoms with Gasteiger partial charge in [0, 0.05) is 17.6 Å². The molecule has 0 spiro atoms. The van der Waals surface area contributed by atoms with Crippen molar-refractivity contribution in [3.8, 4) is 0 Å². The number of aryl methyl sites for hydroxylation is 2. The summed E-state index contributed by atoms with van der Waals surface area (Å²) in [5.74, 6) is -0.199. The van der Waals surface area contributed by atoms with Gasteiger partial charge in [-0.2, -0.15) is 18.2 Å². The summed E-state index contributed by atoms with van der Waals surface area (Å²) in [5, 5.41) is 5.74. The number of alkyl halides is 3. The Morgan fingerprint density at radius 2 is 1.57 bits per heavy atom. The quantitative estimate of drug-likeness (QED) is 0.537. The van der Waals surface area contributed by atoms with E-state index >= 15 is 0 Å². The van der Waals surface area contributed by atoms with Crippen molar-refractivity contribution in [3.63, 3.8) is 0 Å². The van der Waals surface area contributed by atoms with E-state index in [0.29, 0.717) is 11.4 Å². The maximum absolute atomic E-state index is 13.4. The van der Waals surface area contributed by atoms with Crippen LogP contribution in [-0.4, -0.2) is 9.97 Å². The van der Waals surface area contributed by atoms with E-state index in [2.05, 4.69) is 20.6 Å². The summed E-state index contributed by atoms with van der Waals surface area (Å²) >= 11 is 0. The van der Waals surface area contributed by atoms with Gasteiger partial charge in [-0.1, -0.05) is 38.1 Å². The summed E-state index contributed by atoms with van der Waals surface area (Å²) in [5.41, 5.74) is 2.51. The lowest BCUT2D eigenvalue weighted by molar-refractivity contribution is -0.137. The Bertz CT molecular complexity index is 937. The van der Waals surface area contributed by atoms with E-state index in [9.17, 15) is 13.2 Å². The molecule has 0 amide bonds. The highest BCUT2D eigenvalue weighted by molar-refractivity contribution is 5.63. The molecule has 28 heavy (non-hydrogen) atoms. The Morgan fingerprint density at radius 3 is 2.21 bits per heavy atom. The molecule has 0 unspecified atom stereocenters. The van der Waals surface area contributed by atoms with Gasteiger partial charge in [-0.05, 0) is 48.2 Å². The zero-order chi connectivity index (χ0) is 20.1. The van der Waals surface area contributed by atoms with Gasteiger partial charge in [0.15, 0.2) is 0 Å². The maximum atomic E-state index is 13.4. The van der Waals surface area contributed by atoms with Crippen LogP contribution in [0.1, 0.15) is 30.5 Å². The van der Waals surface area contributed by atoms with Crippen LogP contribution in [0.2, 0.25) is 0 Å². The molecule has 0 radical (unpaired) electrons. The molecule has 1 aromatic heterocycles. The molecule has 0 bridgehead atoms. The smallest absolute Gasteiger partial charge is 0.340 e. The third kappa shape index (κ3) is 4.79. The predicted octanol–water partition coefficient (Wildman–Crippen LogP) is 6.11. The lowest BCUT2D eigenvalue weighted by atomic mass is 10.1. The Balaban J connectivity index is 1.91. The van der Waals surface area contributed by atoms with Crippen LogP contribution in [0.4, 0.5) is 36.3 Å². The highest BCUT2D eigenvalue weighted by Crippen LogP contribution is 2.35. The third-order valence-electron chi connectivity index (χ3n) is 4.31. The van der Waals surface area contributed by atoms with Crippen molar-refractivity contribution >= 4 is 23.1 Å². The number of aromatic nitrogens is 2. The zero-order valence-electron chi connectivity index (χ0n) is 15.6. The van der Waals surface area contributed by atoms with Gasteiger partial charge in [0.05, 0.1) is 0 Å². The van der Waals surface area contributed by atoms with Crippen LogP contribution in [0.5, 0.6) is 0 Å². The van der Waals surface area contributed by atoms with Crippen LogP contribution in [-0.2, 0) is 19.0 Å². The Morgan fingerprint density at radius 1 is 0.857 bits per heavy atom. The average Bonchev–Trinajstić information content (AvgIpc) is 2.68. The van der Waals surface area contributed by atoms with E-state index in [1.54, 1.807) is 18.2 Å². The van der Waals surface area contributed by atoms with Crippen molar-refractivity contribution in [3.05, 3.63) is 71.4 Å². The fraction of sp³-hybridized carbons (Fsp3) is 0.238. The Labute approximate surface area is 161 Å². The standard InChI is InChI=1S/C21H21F3N4/c1-3-14-8-10-16(11-9-14)27-20-25-13-18(21(22,23)24)19(28-20)26-17-7-5-6-15(4-2)12-17/h5-13H,3-4H2,1-2H3,(H2,25,26,27,28). The minimum Gasteiger partial charge on any atom is -0.340 e. The highest BCUT2D eigenvalue weighted by Gasteiger charge is 2.35. The van der Waals surface area contributed by atoms with Gasteiger partial charge in [-0.15, -0.1) is 0 Å². The van der Waals surface area contributed by atoms with Crippen LogP contribution in [0.15, 0.2) is 54.7 Å². The predicted molar refractivity (Wildman–Crippen MR) is 105 cm³/mol. The number of nitrogens with one attached hydrogen (secondary N) is 2. The number of rotatable bonds is 6. The second-order valence-electron chi connectivity index (χ2n) is 6.31. The van der Waals surface area contributed by atoms with Gasteiger partial charge in [0.1, 0.15) is 11.4 Å². The molecule has 0 atom stereocenters. The number of hydrogen-bond donors (Lipinski definition) is 2. The molecule has 0 aliphatic rings. The lowest BCUT2D eigenvalue weighted by Gasteiger charge is -2.15. The fourth-order valence-corrected chi connectivity index (χ4v) is 2.70. The SMILES string of the molecule is CCc1ccc(Nc2ncc(C(F)(F)F)c(Nc3cccc(CC)c3)n2)cc1. The maximum Gasteiger partial charge on any atom is 0.421 e. The second-order valence-corrected chi connectivity index (χ2v) is 6.31. The van der Waals surface area contributed by atoms with Crippen LogP contribution >= 0.6 is 0 Å². The number of hydrogen-bond acceptors (Lipinski definition) is 4. The zero-order valence-corrected chi connectivity index (χ0v) is 15.6. The molecular weight excluding hydrogens is 365 g/mol. The first-order valence-corrected chi connectivity index (χ1v) is 9.05. The van der Waals surface area contributed by atoms with Crippen molar-refractivity contribution in [1.29, 1.82) is 0 Å². The monoisotopic (exact) mass is 386 g/mol. The van der Waals surface area contributed by atoms with E-state index in [1.165, 1.54) is 0 Å². The molecule has 2 aromatic carbocycles. The van der Waals surface area contributed by atoms with E-state index in [0.717, 1.165) is 30.2 Å². The van der Waals surface area contributed by atoms with Gasteiger partial charge in [-0.25, -0.2) is 4.98 Å². The van der Waals surface area contributed by atoms with Gasteiger partial charge in [0.25, 0.3) is 0 Å². The summed E-state index contributed by atoms with van der Waals surface area (Å²) in [6, 6.07) is 14.8. The summed E-state index contributed by atoms with van der Waals surface area (Å²) in [6.07, 6.45) is -2.08. The number of benzene rings is 2. The molecule has 146 valence electrons. The molecule has 0 fully saturated rings. The van der Waals surface area contributed by atoms with Gasteiger partial charge >= 0.3 is 6.18 Å². The number of nitrogens with zero attached hydrogens (tertiary/aromatic N) is 2. The fourth-order valence-electron chi connectivity index (χ4n) is 2.70. The van der Waals surface area contributed by atoms with Crippen molar-refractivity contribution < 1.29 is 13.2 Å². The molecule has 2 N–H and O–H groups in total. The first-order valence-electron chi connectivity index (χ1n) is 9.05. The minimum absolute atomic E-state index is 0.0893. The van der Waals surface area contributed by atoms with Gasteiger partial charge in [0.2, 0.25) is 5.95 Å². The minimum atomic E-state index is -4.56. The second kappa shape index (κ2) is 8.29. The van der Waals surface area contributed by atoms with Crippen molar-refractivity contribution in [2.24, 2.45) is 0 Å². The lowest BCUT2D eigenvalue weighted by Crippen LogP contribution is -2.12. The van der Waals surface area contributed by atoms with Crippen molar-refractivity contribution in [2.45, 2.75) is 32.9 Å². The van der Waals surface area contributed by atoms with Crippen LogP contribution in [0, 0.1) is 0 Å². The first kappa shape index (κ1) is 19.7. The summed E-state index contributed by atoms with van der Waals surface area (Å²) < 4.78 is 40.2. The molecule has 7 heteroatoms. The molecule has 3 aromatic rings. The first-order chi connectivity index (χ1) is 13.4. The molecule has 4 nitrogen and oxygen atoms in total. The third-order valence-corrected chi connectivity index (χ3v) is 4.31. The van der Waals surface area contributed by atoms with Gasteiger partial charge in [-0.3, -0.25) is 0 Å². The van der Waals surface area contributed by atoms with E-state index < -0.39 is 11.7 Å². The Hall–Kier alpha value is -3.09. The van der Waals surface area contributed by atoms with E-state index in [4.69, 9.17) is 0 Å². The number of halogens is 3. The van der Waals surface area contributed by atoms with Crippen LogP contribution in [0.3, 0.4) is 0 Å². The van der Waals surface area contributed by atoms with Gasteiger partial charge < -0.3 is 10.6 Å². The normalized spacial score (nSPS) is 11.3. The molecular formula is C21H21F3N4. The largest absolute Gasteiger partial charge is 0.421 e. The average molecular weight is 386 g/mol. The molecule has 3 rings (SSSR count). The van der Waals surface area contributed by atoms with Crippen molar-refractivity contribution in [2.75, 3.05) is 10.6 Å². The Kier molecular flexibility index (Phi) is 5.82. The van der Waals surface area contributed by atoms with Crippen molar-refractivity contribution in [1.82, 2.24) is 9.97 Å². The summed E-state index contributed by atoms with van der Waals surface area (Å²) in [6.45, 7) is 4.03. The molecule has 0 saturated heterocycles. The van der Waals surface area contributed by atoms with E-state index in [1.807, 2.05) is 44.2 Å². The molecule has 1 heterocycles. The van der Waals surface area contributed by atoms with Crippen LogP contribution in [0.25, 0.3) is 0 Å².